The van der Waals surface area contributed by atoms with Crippen molar-refractivity contribution in [2.24, 2.45) is 5.92 Å². The van der Waals surface area contributed by atoms with Gasteiger partial charge in [0.2, 0.25) is 0 Å². The van der Waals surface area contributed by atoms with Crippen molar-refractivity contribution in [2.75, 3.05) is 6.54 Å². The van der Waals surface area contributed by atoms with Crippen LogP contribution >= 0.6 is 15.9 Å². The predicted octanol–water partition coefficient (Wildman–Crippen LogP) is 4.18. The Hall–Kier alpha value is -0.350. The summed E-state index contributed by atoms with van der Waals surface area (Å²) in [5.41, 5.74) is 2.53. The van der Waals surface area contributed by atoms with E-state index in [0.717, 1.165) is 31.8 Å². The van der Waals surface area contributed by atoms with Crippen LogP contribution in [0.3, 0.4) is 0 Å². The lowest BCUT2D eigenvalue weighted by Gasteiger charge is -2.19. The Balaban J connectivity index is 2.83. The van der Waals surface area contributed by atoms with Gasteiger partial charge in [-0.2, -0.15) is 5.10 Å². The lowest BCUT2D eigenvalue weighted by Crippen LogP contribution is -2.32. The van der Waals surface area contributed by atoms with Gasteiger partial charge in [-0.05, 0) is 54.6 Å². The fourth-order valence-electron chi connectivity index (χ4n) is 2.55. The second-order valence-corrected chi connectivity index (χ2v) is 6.60. The summed E-state index contributed by atoms with van der Waals surface area (Å²) in [5, 5.41) is 8.33. The molecule has 0 bridgehead atoms. The van der Waals surface area contributed by atoms with Gasteiger partial charge in [-0.25, -0.2) is 0 Å². The van der Waals surface area contributed by atoms with Gasteiger partial charge in [0.15, 0.2) is 0 Å². The summed E-state index contributed by atoms with van der Waals surface area (Å²) in [7, 11) is 0. The molecule has 1 aromatic rings. The lowest BCUT2D eigenvalue weighted by molar-refractivity contribution is 0.424. The van der Waals surface area contributed by atoms with E-state index in [1.807, 2.05) is 0 Å². The molecule has 0 saturated heterocycles. The SMILES string of the molecule is CCNC(CCC(C)C)Cc1c(Br)c(CC)nn1CC. The molecule has 0 aliphatic heterocycles. The lowest BCUT2D eigenvalue weighted by atomic mass is 9.99. The summed E-state index contributed by atoms with van der Waals surface area (Å²) in [6.45, 7) is 13.1. The zero-order chi connectivity index (χ0) is 15.1. The van der Waals surface area contributed by atoms with Gasteiger partial charge in [0.05, 0.1) is 15.9 Å². The number of likely N-dealkylation sites (N-methyl/N-ethyl adjacent to an activating group) is 1. The summed E-state index contributed by atoms with van der Waals surface area (Å²) in [6, 6.07) is 0.547. The van der Waals surface area contributed by atoms with E-state index in [2.05, 4.69) is 60.5 Å². The van der Waals surface area contributed by atoms with Crippen molar-refractivity contribution >= 4 is 15.9 Å². The average molecular weight is 344 g/mol. The first kappa shape index (κ1) is 17.7. The first-order chi connectivity index (χ1) is 9.53. The molecule has 0 fully saturated rings. The first-order valence-corrected chi connectivity index (χ1v) is 8.80. The molecule has 1 heterocycles. The summed E-state index contributed by atoms with van der Waals surface area (Å²) >= 11 is 3.75. The maximum Gasteiger partial charge on any atom is 0.0766 e. The summed E-state index contributed by atoms with van der Waals surface area (Å²) in [6.07, 6.45) is 4.55. The van der Waals surface area contributed by atoms with E-state index in [-0.39, 0.29) is 0 Å². The summed E-state index contributed by atoms with van der Waals surface area (Å²) < 4.78 is 3.37. The molecule has 20 heavy (non-hydrogen) atoms. The molecule has 0 amide bonds. The largest absolute Gasteiger partial charge is 0.314 e. The van der Waals surface area contributed by atoms with E-state index in [0.29, 0.717) is 6.04 Å². The molecule has 1 N–H and O–H groups in total. The number of hydrogen-bond donors (Lipinski definition) is 1. The van der Waals surface area contributed by atoms with Crippen LogP contribution in [0, 0.1) is 5.92 Å². The van der Waals surface area contributed by atoms with Crippen LogP contribution in [-0.4, -0.2) is 22.4 Å². The van der Waals surface area contributed by atoms with Crippen LogP contribution in [0.5, 0.6) is 0 Å². The highest BCUT2D eigenvalue weighted by Gasteiger charge is 2.18. The molecule has 1 rings (SSSR count). The van der Waals surface area contributed by atoms with Crippen LogP contribution in [0.25, 0.3) is 0 Å². The van der Waals surface area contributed by atoms with Crippen LogP contribution in [0.4, 0.5) is 0 Å². The highest BCUT2D eigenvalue weighted by atomic mass is 79.9. The Bertz CT molecular complexity index is 399. The number of hydrogen-bond acceptors (Lipinski definition) is 2. The van der Waals surface area contributed by atoms with Gasteiger partial charge in [0, 0.05) is 19.0 Å². The Morgan fingerprint density at radius 3 is 2.40 bits per heavy atom. The van der Waals surface area contributed by atoms with E-state index < -0.39 is 0 Å². The van der Waals surface area contributed by atoms with Crippen molar-refractivity contribution in [1.82, 2.24) is 15.1 Å². The summed E-state index contributed by atoms with van der Waals surface area (Å²) in [5.74, 6) is 0.766. The molecule has 0 aromatic carbocycles. The number of nitrogens with one attached hydrogen (secondary N) is 1. The van der Waals surface area contributed by atoms with Crippen LogP contribution in [0.2, 0.25) is 0 Å². The third kappa shape index (κ3) is 4.88. The van der Waals surface area contributed by atoms with Crippen LogP contribution in [0.1, 0.15) is 58.8 Å². The van der Waals surface area contributed by atoms with Crippen molar-refractivity contribution in [2.45, 2.75) is 72.9 Å². The van der Waals surface area contributed by atoms with Crippen molar-refractivity contribution in [3.8, 4) is 0 Å². The van der Waals surface area contributed by atoms with Gasteiger partial charge in [0.25, 0.3) is 0 Å². The molecule has 4 heteroatoms. The van der Waals surface area contributed by atoms with Gasteiger partial charge in [-0.1, -0.05) is 27.7 Å². The highest BCUT2D eigenvalue weighted by molar-refractivity contribution is 9.10. The quantitative estimate of drug-likeness (QED) is 0.728. The molecular formula is C16H30BrN3. The predicted molar refractivity (Wildman–Crippen MR) is 90.2 cm³/mol. The monoisotopic (exact) mass is 343 g/mol. The van der Waals surface area contributed by atoms with Gasteiger partial charge in [-0.15, -0.1) is 0 Å². The van der Waals surface area contributed by atoms with E-state index in [1.54, 1.807) is 0 Å². The number of aryl methyl sites for hydroxylation is 2. The molecule has 116 valence electrons. The molecule has 0 radical (unpaired) electrons. The second-order valence-electron chi connectivity index (χ2n) is 5.81. The zero-order valence-corrected chi connectivity index (χ0v) is 15.3. The van der Waals surface area contributed by atoms with E-state index in [1.165, 1.54) is 28.7 Å². The maximum atomic E-state index is 4.70. The normalized spacial score (nSPS) is 13.2. The Labute approximate surface area is 132 Å². The smallest absolute Gasteiger partial charge is 0.0766 e. The topological polar surface area (TPSA) is 29.9 Å². The van der Waals surface area contributed by atoms with Gasteiger partial charge in [0.1, 0.15) is 0 Å². The maximum absolute atomic E-state index is 4.70. The minimum atomic E-state index is 0.547. The minimum absolute atomic E-state index is 0.547. The van der Waals surface area contributed by atoms with Crippen LogP contribution in [-0.2, 0) is 19.4 Å². The average Bonchev–Trinajstić information content (AvgIpc) is 2.72. The molecule has 0 saturated carbocycles. The molecule has 1 atom stereocenters. The van der Waals surface area contributed by atoms with Gasteiger partial charge in [-0.3, -0.25) is 4.68 Å². The van der Waals surface area contributed by atoms with Gasteiger partial charge >= 0.3 is 0 Å². The fraction of sp³-hybridized carbons (Fsp3) is 0.812. The van der Waals surface area contributed by atoms with Gasteiger partial charge < -0.3 is 5.32 Å². The Kier molecular flexibility index (Phi) is 7.82. The standard InChI is InChI=1S/C16H30BrN3/c1-6-14-16(17)15(20(8-3)19-14)11-13(18-7-2)10-9-12(4)5/h12-13,18H,6-11H2,1-5H3. The number of halogens is 1. The van der Waals surface area contributed by atoms with Crippen LogP contribution in [0.15, 0.2) is 4.47 Å². The number of aromatic nitrogens is 2. The molecule has 0 spiro atoms. The van der Waals surface area contributed by atoms with Crippen molar-refractivity contribution in [3.05, 3.63) is 15.9 Å². The third-order valence-electron chi connectivity index (χ3n) is 3.72. The zero-order valence-electron chi connectivity index (χ0n) is 13.7. The third-order valence-corrected chi connectivity index (χ3v) is 4.63. The van der Waals surface area contributed by atoms with Crippen LogP contribution < -0.4 is 5.32 Å². The van der Waals surface area contributed by atoms with Crippen molar-refractivity contribution in [3.63, 3.8) is 0 Å². The Morgan fingerprint density at radius 2 is 1.90 bits per heavy atom. The van der Waals surface area contributed by atoms with Crippen molar-refractivity contribution < 1.29 is 0 Å². The highest BCUT2D eigenvalue weighted by Crippen LogP contribution is 2.24. The molecule has 3 nitrogen and oxygen atoms in total. The fourth-order valence-corrected chi connectivity index (χ4v) is 3.27. The molecule has 0 aliphatic rings. The number of nitrogens with zero attached hydrogens (tertiary/aromatic N) is 2. The van der Waals surface area contributed by atoms with E-state index >= 15 is 0 Å². The molecular weight excluding hydrogens is 314 g/mol. The first-order valence-electron chi connectivity index (χ1n) is 8.00. The van der Waals surface area contributed by atoms with E-state index in [4.69, 9.17) is 5.10 Å². The second kappa shape index (κ2) is 8.83. The molecule has 1 aromatic heterocycles. The van der Waals surface area contributed by atoms with E-state index in [9.17, 15) is 0 Å². The van der Waals surface area contributed by atoms with Crippen molar-refractivity contribution in [1.29, 1.82) is 0 Å². The molecule has 1 unspecified atom stereocenters. The molecule has 0 aliphatic carbocycles. The Morgan fingerprint density at radius 1 is 1.20 bits per heavy atom. The summed E-state index contributed by atoms with van der Waals surface area (Å²) in [4.78, 5) is 0. The number of rotatable bonds is 9. The minimum Gasteiger partial charge on any atom is -0.314 e.